The molecule has 4 atom stereocenters. The van der Waals surface area contributed by atoms with E-state index in [1.165, 1.54) is 0 Å². The number of carbonyl (C=O) groups excluding carboxylic acids is 2. The Balaban J connectivity index is 2.17. The fourth-order valence-corrected chi connectivity index (χ4v) is 3.28. The van der Waals surface area contributed by atoms with Crippen LogP contribution in [0.25, 0.3) is 0 Å². The normalized spacial score (nSPS) is 24.8. The van der Waals surface area contributed by atoms with E-state index < -0.39 is 41.8 Å². The van der Waals surface area contributed by atoms with Crippen molar-refractivity contribution in [3.8, 4) is 5.75 Å². The number of cyclic esters (lactones) is 1. The molecule has 1 aliphatic heterocycles. The van der Waals surface area contributed by atoms with Gasteiger partial charge in [-0.3, -0.25) is 9.59 Å². The van der Waals surface area contributed by atoms with Gasteiger partial charge in [-0.1, -0.05) is 30.4 Å². The Bertz CT molecular complexity index is 753. The van der Waals surface area contributed by atoms with Crippen molar-refractivity contribution < 1.29 is 33.3 Å². The van der Waals surface area contributed by atoms with Gasteiger partial charge in [0.05, 0.1) is 25.6 Å². The second-order valence-electron chi connectivity index (χ2n) is 9.20. The van der Waals surface area contributed by atoms with E-state index in [1.807, 2.05) is 37.3 Å². The van der Waals surface area contributed by atoms with E-state index in [1.54, 1.807) is 27.7 Å². The maximum absolute atomic E-state index is 12.9. The summed E-state index contributed by atoms with van der Waals surface area (Å²) in [5, 5.41) is 0. The fraction of sp³-hybridized carbons (Fsp3) is 0.600. The van der Waals surface area contributed by atoms with Gasteiger partial charge in [-0.25, -0.2) is 0 Å². The van der Waals surface area contributed by atoms with Crippen molar-refractivity contribution in [3.63, 3.8) is 0 Å². The number of ether oxygens (including phenoxy) is 5. The summed E-state index contributed by atoms with van der Waals surface area (Å²) in [6, 6.07) is 9.28. The minimum Gasteiger partial charge on any atom is -0.484 e. The molecule has 0 radical (unpaired) electrons. The Hall–Kier alpha value is -2.38. The van der Waals surface area contributed by atoms with E-state index in [0.29, 0.717) is 18.8 Å². The van der Waals surface area contributed by atoms with Crippen LogP contribution in [0.15, 0.2) is 42.5 Å². The van der Waals surface area contributed by atoms with E-state index >= 15 is 0 Å². The monoisotopic (exact) mass is 448 g/mol. The molecule has 0 saturated carbocycles. The average molecular weight is 449 g/mol. The zero-order chi connectivity index (χ0) is 23.7. The van der Waals surface area contributed by atoms with Crippen molar-refractivity contribution in [2.75, 3.05) is 19.8 Å². The highest BCUT2D eigenvalue weighted by Gasteiger charge is 2.36. The van der Waals surface area contributed by atoms with Crippen molar-refractivity contribution >= 4 is 11.9 Å². The Morgan fingerprint density at radius 3 is 2.53 bits per heavy atom. The van der Waals surface area contributed by atoms with Crippen LogP contribution in [-0.2, 0) is 28.5 Å². The van der Waals surface area contributed by atoms with Gasteiger partial charge in [-0.15, -0.1) is 0 Å². The molecule has 1 aliphatic rings. The number of esters is 2. The summed E-state index contributed by atoms with van der Waals surface area (Å²) < 4.78 is 29.1. The first-order valence-electron chi connectivity index (χ1n) is 11.0. The largest absolute Gasteiger partial charge is 0.484 e. The smallest absolute Gasteiger partial charge is 0.310 e. The lowest BCUT2D eigenvalue weighted by Gasteiger charge is -2.33. The molecule has 0 N–H and O–H groups in total. The van der Waals surface area contributed by atoms with Crippen molar-refractivity contribution in [3.05, 3.63) is 42.5 Å². The molecular formula is C25H36O7. The summed E-state index contributed by atoms with van der Waals surface area (Å²) >= 11 is 0. The van der Waals surface area contributed by atoms with Gasteiger partial charge < -0.3 is 23.7 Å². The van der Waals surface area contributed by atoms with Crippen LogP contribution >= 0.6 is 0 Å². The molecule has 1 aromatic rings. The van der Waals surface area contributed by atoms with Crippen LogP contribution in [0.3, 0.4) is 0 Å². The van der Waals surface area contributed by atoms with E-state index in [4.69, 9.17) is 23.7 Å². The highest BCUT2D eigenvalue weighted by atomic mass is 16.6. The summed E-state index contributed by atoms with van der Waals surface area (Å²) in [5.41, 5.74) is 0.242. The first-order chi connectivity index (χ1) is 15.0. The Kier molecular flexibility index (Phi) is 9.72. The summed E-state index contributed by atoms with van der Waals surface area (Å²) in [6.07, 6.45) is -1.44. The predicted octanol–water partition coefficient (Wildman–Crippen LogP) is 4.10. The maximum atomic E-state index is 12.9. The Morgan fingerprint density at radius 1 is 1.22 bits per heavy atom. The third-order valence-electron chi connectivity index (χ3n) is 4.75. The van der Waals surface area contributed by atoms with Gasteiger partial charge in [0, 0.05) is 6.61 Å². The SMILES string of the molecule is C=C(C)CO[C@H]1COCC[C@H](CC(=O)OC(C)(C)C)C(=O)O[C@@H](C)[C@@H]1Oc1ccccc1. The molecule has 7 heteroatoms. The number of benzene rings is 1. The number of rotatable bonds is 7. The first-order valence-corrected chi connectivity index (χ1v) is 11.0. The molecule has 0 aromatic heterocycles. The molecule has 0 aliphatic carbocycles. The van der Waals surface area contributed by atoms with Crippen LogP contribution in [0.1, 0.15) is 47.5 Å². The lowest BCUT2D eigenvalue weighted by Crippen LogP contribution is -2.48. The molecule has 1 fully saturated rings. The molecule has 7 nitrogen and oxygen atoms in total. The van der Waals surface area contributed by atoms with E-state index in [2.05, 4.69) is 6.58 Å². The fourth-order valence-electron chi connectivity index (χ4n) is 3.28. The summed E-state index contributed by atoms with van der Waals surface area (Å²) in [6.45, 7) is 13.8. The predicted molar refractivity (Wildman–Crippen MR) is 120 cm³/mol. The number of para-hydroxylation sites is 1. The minimum absolute atomic E-state index is 0.0635. The lowest BCUT2D eigenvalue weighted by molar-refractivity contribution is -0.174. The van der Waals surface area contributed by atoms with Crippen molar-refractivity contribution in [2.24, 2.45) is 5.92 Å². The molecule has 1 heterocycles. The molecule has 0 bridgehead atoms. The quantitative estimate of drug-likeness (QED) is 0.459. The van der Waals surface area contributed by atoms with Gasteiger partial charge >= 0.3 is 11.9 Å². The van der Waals surface area contributed by atoms with Crippen LogP contribution in [0.4, 0.5) is 0 Å². The van der Waals surface area contributed by atoms with Crippen LogP contribution in [0.2, 0.25) is 0 Å². The van der Waals surface area contributed by atoms with Crippen molar-refractivity contribution in [2.45, 2.75) is 71.4 Å². The molecule has 178 valence electrons. The Morgan fingerprint density at radius 2 is 1.91 bits per heavy atom. The maximum Gasteiger partial charge on any atom is 0.310 e. The number of hydrogen-bond donors (Lipinski definition) is 0. The highest BCUT2D eigenvalue weighted by molar-refractivity contribution is 5.80. The first kappa shape index (κ1) is 25.9. The lowest BCUT2D eigenvalue weighted by atomic mass is 10.0. The topological polar surface area (TPSA) is 80.3 Å². The Labute approximate surface area is 191 Å². The van der Waals surface area contributed by atoms with Gasteiger partial charge in [0.2, 0.25) is 0 Å². The second kappa shape index (κ2) is 12.0. The van der Waals surface area contributed by atoms with Gasteiger partial charge in [0.1, 0.15) is 23.6 Å². The second-order valence-corrected chi connectivity index (χ2v) is 9.20. The molecule has 0 amide bonds. The summed E-state index contributed by atoms with van der Waals surface area (Å²) in [5.74, 6) is -0.942. The van der Waals surface area contributed by atoms with E-state index in [0.717, 1.165) is 5.57 Å². The zero-order valence-electron chi connectivity index (χ0n) is 19.8. The van der Waals surface area contributed by atoms with Crippen LogP contribution in [0.5, 0.6) is 5.75 Å². The summed E-state index contributed by atoms with van der Waals surface area (Å²) in [7, 11) is 0. The molecule has 1 aromatic carbocycles. The van der Waals surface area contributed by atoms with Gasteiger partial charge in [0.15, 0.2) is 6.10 Å². The standard InChI is InChI=1S/C25H36O7/c1-17(2)15-29-21-16-28-13-12-19(14-22(26)32-25(4,5)6)24(27)30-18(3)23(21)31-20-10-8-7-9-11-20/h7-11,18-19,21,23H,1,12-16H2,2-6H3/t18-,19+,21-,23-/m0/s1. The van der Waals surface area contributed by atoms with Crippen LogP contribution in [0, 0.1) is 5.92 Å². The van der Waals surface area contributed by atoms with Gasteiger partial charge in [-0.05, 0) is 53.2 Å². The summed E-state index contributed by atoms with van der Waals surface area (Å²) in [4.78, 5) is 25.2. The molecule has 0 spiro atoms. The molecular weight excluding hydrogens is 412 g/mol. The third kappa shape index (κ3) is 9.01. The van der Waals surface area contributed by atoms with E-state index in [9.17, 15) is 9.59 Å². The average Bonchev–Trinajstić information content (AvgIpc) is 2.69. The van der Waals surface area contributed by atoms with Crippen LogP contribution in [-0.4, -0.2) is 55.7 Å². The van der Waals surface area contributed by atoms with Crippen molar-refractivity contribution in [1.82, 2.24) is 0 Å². The minimum atomic E-state index is -0.655. The van der Waals surface area contributed by atoms with Gasteiger partial charge in [0.25, 0.3) is 0 Å². The third-order valence-corrected chi connectivity index (χ3v) is 4.75. The van der Waals surface area contributed by atoms with Gasteiger partial charge in [-0.2, -0.15) is 0 Å². The van der Waals surface area contributed by atoms with Crippen LogP contribution < -0.4 is 4.74 Å². The van der Waals surface area contributed by atoms with Crippen molar-refractivity contribution in [1.29, 1.82) is 0 Å². The number of carbonyl (C=O) groups is 2. The molecule has 0 unspecified atom stereocenters. The highest BCUT2D eigenvalue weighted by Crippen LogP contribution is 2.23. The zero-order valence-corrected chi connectivity index (χ0v) is 19.8. The number of hydrogen-bond acceptors (Lipinski definition) is 7. The molecule has 32 heavy (non-hydrogen) atoms. The van der Waals surface area contributed by atoms with E-state index in [-0.39, 0.29) is 19.6 Å². The molecule has 1 saturated heterocycles. The molecule has 2 rings (SSSR count).